The number of hydrogen-bond acceptors (Lipinski definition) is 5. The van der Waals surface area contributed by atoms with Gasteiger partial charge in [-0.3, -0.25) is 0 Å². The van der Waals surface area contributed by atoms with Crippen LogP contribution in [-0.4, -0.2) is 19.6 Å². The molecule has 112 valence electrons. The normalized spacial score (nSPS) is 15.2. The average molecular weight is 307 g/mol. The summed E-state index contributed by atoms with van der Waals surface area (Å²) in [5.74, 6) is 0.477. The maximum absolute atomic E-state index is 12.2. The van der Waals surface area contributed by atoms with Gasteiger partial charge in [0.05, 0.1) is 17.6 Å². The van der Waals surface area contributed by atoms with Gasteiger partial charge >= 0.3 is 0 Å². The molecule has 0 radical (unpaired) electrons. The quantitative estimate of drug-likeness (QED) is 0.808. The molecule has 1 heterocycles. The smallest absolute Gasteiger partial charge is 0.240 e. The summed E-state index contributed by atoms with van der Waals surface area (Å²) in [7, 11) is -3.55. The van der Waals surface area contributed by atoms with Crippen molar-refractivity contribution in [2.45, 2.75) is 36.9 Å². The van der Waals surface area contributed by atoms with Crippen molar-refractivity contribution < 1.29 is 12.9 Å². The Balaban J connectivity index is 1.67. The Morgan fingerprint density at radius 2 is 2.10 bits per heavy atom. The molecule has 0 bridgehead atoms. The van der Waals surface area contributed by atoms with Crippen LogP contribution in [0.25, 0.3) is 0 Å². The molecule has 1 aliphatic carbocycles. The van der Waals surface area contributed by atoms with Gasteiger partial charge in [-0.15, -0.1) is 0 Å². The predicted molar refractivity (Wildman–Crippen MR) is 76.8 cm³/mol. The van der Waals surface area contributed by atoms with Crippen molar-refractivity contribution in [2.24, 2.45) is 0 Å². The van der Waals surface area contributed by atoms with Crippen molar-refractivity contribution in [1.29, 1.82) is 0 Å². The highest BCUT2D eigenvalue weighted by Crippen LogP contribution is 2.20. The summed E-state index contributed by atoms with van der Waals surface area (Å²) in [4.78, 5) is 0.261. The van der Waals surface area contributed by atoms with Crippen LogP contribution < -0.4 is 10.0 Å². The van der Waals surface area contributed by atoms with E-state index in [0.717, 1.165) is 5.56 Å². The van der Waals surface area contributed by atoms with Gasteiger partial charge in [-0.25, -0.2) is 13.1 Å². The summed E-state index contributed by atoms with van der Waals surface area (Å²) in [6.07, 6.45) is 3.89. The van der Waals surface area contributed by atoms with Gasteiger partial charge in [0.25, 0.3) is 0 Å². The molecule has 1 aromatic carbocycles. The molecule has 0 aliphatic heterocycles. The molecule has 3 rings (SSSR count). The van der Waals surface area contributed by atoms with E-state index in [1.807, 2.05) is 6.07 Å². The van der Waals surface area contributed by atoms with Crippen molar-refractivity contribution in [1.82, 2.24) is 15.2 Å². The van der Waals surface area contributed by atoms with E-state index in [-0.39, 0.29) is 11.4 Å². The first kappa shape index (κ1) is 14.2. The number of rotatable bonds is 7. The van der Waals surface area contributed by atoms with Crippen molar-refractivity contribution in [2.75, 3.05) is 0 Å². The number of hydrogen-bond donors (Lipinski definition) is 2. The number of aromatic nitrogens is 1. The van der Waals surface area contributed by atoms with E-state index >= 15 is 0 Å². The standard InChI is InChI=1S/C14H17N3O3S/c18-21(19,17-10-13-6-7-16-20-13)14-3-1-2-11(8-14)9-15-12-4-5-12/h1-3,6-8,12,15,17H,4-5,9-10H2. The van der Waals surface area contributed by atoms with Gasteiger partial charge in [0, 0.05) is 18.7 Å². The van der Waals surface area contributed by atoms with E-state index in [2.05, 4.69) is 15.2 Å². The predicted octanol–water partition coefficient (Wildman–Crippen LogP) is 1.41. The molecule has 2 aromatic rings. The zero-order valence-electron chi connectivity index (χ0n) is 11.5. The Morgan fingerprint density at radius 1 is 1.24 bits per heavy atom. The third-order valence-corrected chi connectivity index (χ3v) is 4.71. The van der Waals surface area contributed by atoms with E-state index in [1.165, 1.54) is 19.0 Å². The van der Waals surface area contributed by atoms with Gasteiger partial charge in [-0.05, 0) is 30.5 Å². The highest BCUT2D eigenvalue weighted by atomic mass is 32.2. The Hall–Kier alpha value is -1.70. The van der Waals surface area contributed by atoms with Crippen molar-refractivity contribution in [3.8, 4) is 0 Å². The minimum absolute atomic E-state index is 0.0902. The fourth-order valence-corrected chi connectivity index (χ4v) is 3.02. The summed E-state index contributed by atoms with van der Waals surface area (Å²) in [6, 6.07) is 9.17. The molecule has 0 spiro atoms. The van der Waals surface area contributed by atoms with E-state index < -0.39 is 10.0 Å². The monoisotopic (exact) mass is 307 g/mol. The lowest BCUT2D eigenvalue weighted by atomic mass is 10.2. The summed E-state index contributed by atoms with van der Waals surface area (Å²) in [5, 5.41) is 6.91. The SMILES string of the molecule is O=S(=O)(NCc1ccno1)c1cccc(CNC2CC2)c1. The highest BCUT2D eigenvalue weighted by molar-refractivity contribution is 7.89. The van der Waals surface area contributed by atoms with Gasteiger partial charge in [0.15, 0.2) is 5.76 Å². The van der Waals surface area contributed by atoms with E-state index in [1.54, 1.807) is 24.3 Å². The molecular formula is C14H17N3O3S. The Bertz CT molecular complexity index is 694. The van der Waals surface area contributed by atoms with Crippen molar-refractivity contribution >= 4 is 10.0 Å². The summed E-state index contributed by atoms with van der Waals surface area (Å²) in [6.45, 7) is 0.781. The lowest BCUT2D eigenvalue weighted by Crippen LogP contribution is -2.23. The molecule has 0 unspecified atom stereocenters. The second-order valence-corrected chi connectivity index (χ2v) is 6.87. The molecule has 0 amide bonds. The van der Waals surface area contributed by atoms with Gasteiger partial charge in [0.1, 0.15) is 0 Å². The molecule has 7 heteroatoms. The van der Waals surface area contributed by atoms with Gasteiger partial charge in [-0.2, -0.15) is 0 Å². The minimum atomic E-state index is -3.55. The second kappa shape index (κ2) is 5.97. The lowest BCUT2D eigenvalue weighted by molar-refractivity contribution is 0.380. The van der Waals surface area contributed by atoms with Gasteiger partial charge < -0.3 is 9.84 Å². The molecule has 6 nitrogen and oxygen atoms in total. The third-order valence-electron chi connectivity index (χ3n) is 3.31. The molecule has 2 N–H and O–H groups in total. The minimum Gasteiger partial charge on any atom is -0.360 e. The van der Waals surface area contributed by atoms with Gasteiger partial charge in [-0.1, -0.05) is 17.3 Å². The first-order valence-corrected chi connectivity index (χ1v) is 8.33. The molecule has 1 fully saturated rings. The summed E-state index contributed by atoms with van der Waals surface area (Å²) in [5.41, 5.74) is 0.962. The number of nitrogens with zero attached hydrogens (tertiary/aromatic N) is 1. The van der Waals surface area contributed by atoms with Crippen LogP contribution >= 0.6 is 0 Å². The van der Waals surface area contributed by atoms with Crippen LogP contribution in [0.15, 0.2) is 45.9 Å². The van der Waals surface area contributed by atoms with E-state index in [4.69, 9.17) is 4.52 Å². The molecule has 0 atom stereocenters. The van der Waals surface area contributed by atoms with E-state index in [9.17, 15) is 8.42 Å². The first-order valence-electron chi connectivity index (χ1n) is 6.85. The fourth-order valence-electron chi connectivity index (χ4n) is 1.96. The molecule has 0 saturated heterocycles. The lowest BCUT2D eigenvalue weighted by Gasteiger charge is -2.08. The summed E-state index contributed by atoms with van der Waals surface area (Å²) < 4.78 is 31.8. The molecule has 21 heavy (non-hydrogen) atoms. The largest absolute Gasteiger partial charge is 0.360 e. The maximum atomic E-state index is 12.2. The number of nitrogens with one attached hydrogen (secondary N) is 2. The molecule has 1 aliphatic rings. The molecule has 1 aromatic heterocycles. The number of benzene rings is 1. The van der Waals surface area contributed by atoms with E-state index in [0.29, 0.717) is 18.3 Å². The van der Waals surface area contributed by atoms with Crippen LogP contribution in [0, 0.1) is 0 Å². The Morgan fingerprint density at radius 3 is 2.81 bits per heavy atom. The molecular weight excluding hydrogens is 290 g/mol. The Kier molecular flexibility index (Phi) is 4.05. The van der Waals surface area contributed by atoms with Gasteiger partial charge in [0.2, 0.25) is 10.0 Å². The number of sulfonamides is 1. The average Bonchev–Trinajstić information content (AvgIpc) is 3.17. The third kappa shape index (κ3) is 3.90. The van der Waals surface area contributed by atoms with Crippen LogP contribution in [0.3, 0.4) is 0 Å². The Labute approximate surface area is 123 Å². The second-order valence-electron chi connectivity index (χ2n) is 5.11. The zero-order valence-corrected chi connectivity index (χ0v) is 12.3. The van der Waals surface area contributed by atoms with Crippen LogP contribution in [-0.2, 0) is 23.1 Å². The topological polar surface area (TPSA) is 84.2 Å². The van der Waals surface area contributed by atoms with Crippen molar-refractivity contribution in [3.05, 3.63) is 47.9 Å². The summed E-state index contributed by atoms with van der Waals surface area (Å²) >= 11 is 0. The highest BCUT2D eigenvalue weighted by Gasteiger charge is 2.20. The van der Waals surface area contributed by atoms with Crippen LogP contribution in [0.5, 0.6) is 0 Å². The first-order chi connectivity index (χ1) is 10.1. The van der Waals surface area contributed by atoms with Crippen molar-refractivity contribution in [3.63, 3.8) is 0 Å². The molecule has 1 saturated carbocycles. The van der Waals surface area contributed by atoms with Crippen LogP contribution in [0.1, 0.15) is 24.2 Å². The maximum Gasteiger partial charge on any atom is 0.240 e. The van der Waals surface area contributed by atoms with Crippen LogP contribution in [0.2, 0.25) is 0 Å². The van der Waals surface area contributed by atoms with Crippen LogP contribution in [0.4, 0.5) is 0 Å². The zero-order chi connectivity index (χ0) is 14.7. The fraction of sp³-hybridized carbons (Fsp3) is 0.357.